The number of rotatable bonds is 7. The van der Waals surface area contributed by atoms with Crippen LogP contribution in [0.2, 0.25) is 0 Å². The van der Waals surface area contributed by atoms with Crippen molar-refractivity contribution >= 4 is 17.7 Å². The molecule has 6 heteroatoms. The molecule has 0 aliphatic heterocycles. The fourth-order valence-electron chi connectivity index (χ4n) is 1.71. The number of ether oxygens (including phenoxy) is 2. The highest BCUT2D eigenvalue weighted by Crippen LogP contribution is 2.28. The minimum absolute atomic E-state index is 0.256. The molecule has 0 aromatic carbocycles. The van der Waals surface area contributed by atoms with Gasteiger partial charge in [0, 0.05) is 6.42 Å². The van der Waals surface area contributed by atoms with Crippen molar-refractivity contribution in [1.82, 2.24) is 0 Å². The van der Waals surface area contributed by atoms with Crippen molar-refractivity contribution in [1.29, 1.82) is 0 Å². The number of ketones is 1. The van der Waals surface area contributed by atoms with Gasteiger partial charge < -0.3 is 14.6 Å². The molecule has 19 heavy (non-hydrogen) atoms. The Hall–Kier alpha value is -1.43. The lowest BCUT2D eigenvalue weighted by atomic mass is 9.78. The van der Waals surface area contributed by atoms with Crippen LogP contribution in [-0.2, 0) is 23.9 Å². The van der Waals surface area contributed by atoms with Crippen LogP contribution in [0.1, 0.15) is 33.6 Å². The van der Waals surface area contributed by atoms with Crippen LogP contribution in [-0.4, -0.2) is 43.2 Å². The molecule has 0 saturated carbocycles. The lowest BCUT2D eigenvalue weighted by molar-refractivity contribution is -0.160. The number of methoxy groups -OCH3 is 2. The second-order valence-corrected chi connectivity index (χ2v) is 4.67. The van der Waals surface area contributed by atoms with Gasteiger partial charge in [-0.2, -0.15) is 0 Å². The fraction of sp³-hybridized carbons (Fsp3) is 0.769. The summed E-state index contributed by atoms with van der Waals surface area (Å²) in [5, 5.41) is 9.53. The predicted octanol–water partition coefficient (Wildman–Crippen LogP) is 0.705. The minimum atomic E-state index is -1.31. The summed E-state index contributed by atoms with van der Waals surface area (Å²) < 4.78 is 9.16. The molecule has 110 valence electrons. The topological polar surface area (TPSA) is 89.9 Å². The molecular weight excluding hydrogens is 252 g/mol. The fourth-order valence-corrected chi connectivity index (χ4v) is 1.71. The molecular formula is C13H22O6. The Kier molecular flexibility index (Phi) is 6.69. The van der Waals surface area contributed by atoms with Crippen LogP contribution in [0.15, 0.2) is 0 Å². The van der Waals surface area contributed by atoms with E-state index in [1.807, 2.05) is 0 Å². The molecule has 0 bridgehead atoms. The van der Waals surface area contributed by atoms with Crippen molar-refractivity contribution in [3.05, 3.63) is 0 Å². The van der Waals surface area contributed by atoms with E-state index in [4.69, 9.17) is 0 Å². The van der Waals surface area contributed by atoms with Gasteiger partial charge in [0.05, 0.1) is 26.2 Å². The lowest BCUT2D eigenvalue weighted by Crippen LogP contribution is -2.40. The van der Waals surface area contributed by atoms with E-state index in [1.165, 1.54) is 28.1 Å². The van der Waals surface area contributed by atoms with Gasteiger partial charge in [-0.1, -0.05) is 6.92 Å². The van der Waals surface area contributed by atoms with Crippen LogP contribution < -0.4 is 0 Å². The molecule has 0 rings (SSSR count). The largest absolute Gasteiger partial charge is 0.469 e. The summed E-state index contributed by atoms with van der Waals surface area (Å²) in [6.07, 6.45) is -1.04. The zero-order valence-electron chi connectivity index (χ0n) is 12.1. The summed E-state index contributed by atoms with van der Waals surface area (Å²) in [6, 6.07) is 0. The van der Waals surface area contributed by atoms with Gasteiger partial charge in [-0.05, 0) is 20.3 Å². The second kappa shape index (κ2) is 7.23. The molecule has 0 aromatic rings. The Labute approximate surface area is 113 Å². The SMILES string of the molecule is CC[C@@](C)(C(=O)C[C@@H](C(=O)OC)[C@@H](C)O)C(=O)OC. The Morgan fingerprint density at radius 3 is 2.05 bits per heavy atom. The first kappa shape index (κ1) is 17.6. The molecule has 0 aromatic heterocycles. The van der Waals surface area contributed by atoms with Crippen LogP contribution >= 0.6 is 0 Å². The lowest BCUT2D eigenvalue weighted by Gasteiger charge is -2.26. The average molecular weight is 274 g/mol. The number of Topliss-reactive ketones (excluding diaryl/α,β-unsaturated/α-hetero) is 1. The van der Waals surface area contributed by atoms with Crippen LogP contribution in [0.5, 0.6) is 0 Å². The number of carbonyl (C=O) groups excluding carboxylic acids is 3. The van der Waals surface area contributed by atoms with Gasteiger partial charge in [-0.25, -0.2) is 0 Å². The summed E-state index contributed by atoms with van der Waals surface area (Å²) in [5.74, 6) is -2.74. The summed E-state index contributed by atoms with van der Waals surface area (Å²) >= 11 is 0. The Bertz CT molecular complexity index is 349. The first-order valence-electron chi connectivity index (χ1n) is 6.12. The quantitative estimate of drug-likeness (QED) is 0.543. The summed E-state index contributed by atoms with van der Waals surface area (Å²) in [6.45, 7) is 4.55. The molecule has 1 N–H and O–H groups in total. The van der Waals surface area contributed by atoms with E-state index >= 15 is 0 Å². The van der Waals surface area contributed by atoms with Gasteiger partial charge in [0.15, 0.2) is 5.78 Å². The van der Waals surface area contributed by atoms with Crippen LogP contribution in [0, 0.1) is 11.3 Å². The first-order valence-corrected chi connectivity index (χ1v) is 6.12. The molecule has 6 nitrogen and oxygen atoms in total. The van der Waals surface area contributed by atoms with E-state index in [2.05, 4.69) is 9.47 Å². The predicted molar refractivity (Wildman–Crippen MR) is 67.2 cm³/mol. The number of carbonyl (C=O) groups is 3. The van der Waals surface area contributed by atoms with Gasteiger partial charge in [0.2, 0.25) is 0 Å². The highest BCUT2D eigenvalue weighted by molar-refractivity contribution is 6.04. The van der Waals surface area contributed by atoms with Gasteiger partial charge in [-0.3, -0.25) is 14.4 Å². The number of aliphatic hydroxyl groups is 1. The molecule has 0 heterocycles. The standard InChI is InChI=1S/C13H22O6/c1-6-13(3,12(17)19-5)10(15)7-9(8(2)14)11(16)18-4/h8-9,14H,6-7H2,1-5H3/t8-,9-,13+/m1/s1. The molecule has 0 saturated heterocycles. The summed E-state index contributed by atoms with van der Waals surface area (Å²) in [5.41, 5.74) is -1.31. The van der Waals surface area contributed by atoms with E-state index in [0.717, 1.165) is 0 Å². The monoisotopic (exact) mass is 274 g/mol. The van der Waals surface area contributed by atoms with Crippen LogP contribution in [0.25, 0.3) is 0 Å². The van der Waals surface area contributed by atoms with Gasteiger partial charge >= 0.3 is 11.9 Å². The maximum atomic E-state index is 12.2. The number of hydrogen-bond acceptors (Lipinski definition) is 6. The van der Waals surface area contributed by atoms with E-state index in [0.29, 0.717) is 0 Å². The number of aliphatic hydroxyl groups excluding tert-OH is 1. The summed E-state index contributed by atoms with van der Waals surface area (Å²) in [7, 11) is 2.39. The molecule has 0 spiro atoms. The maximum absolute atomic E-state index is 12.2. The zero-order valence-corrected chi connectivity index (χ0v) is 12.1. The molecule has 3 atom stereocenters. The van der Waals surface area contributed by atoms with E-state index in [-0.39, 0.29) is 12.8 Å². The van der Waals surface area contributed by atoms with Crippen molar-refractivity contribution in [2.75, 3.05) is 14.2 Å². The van der Waals surface area contributed by atoms with Crippen molar-refractivity contribution in [3.8, 4) is 0 Å². The molecule has 0 radical (unpaired) electrons. The Morgan fingerprint density at radius 2 is 1.74 bits per heavy atom. The first-order chi connectivity index (χ1) is 8.74. The molecule has 0 aliphatic carbocycles. The van der Waals surface area contributed by atoms with Gasteiger partial charge in [0.25, 0.3) is 0 Å². The van der Waals surface area contributed by atoms with Crippen LogP contribution in [0.3, 0.4) is 0 Å². The molecule has 0 unspecified atom stereocenters. The minimum Gasteiger partial charge on any atom is -0.469 e. The average Bonchev–Trinajstić information content (AvgIpc) is 2.41. The van der Waals surface area contributed by atoms with E-state index < -0.39 is 35.2 Å². The zero-order chi connectivity index (χ0) is 15.2. The third-order valence-corrected chi connectivity index (χ3v) is 3.45. The highest BCUT2D eigenvalue weighted by atomic mass is 16.5. The van der Waals surface area contributed by atoms with Gasteiger partial charge in [0.1, 0.15) is 5.41 Å². The Morgan fingerprint density at radius 1 is 1.21 bits per heavy atom. The smallest absolute Gasteiger partial charge is 0.319 e. The van der Waals surface area contributed by atoms with Crippen LogP contribution in [0.4, 0.5) is 0 Å². The van der Waals surface area contributed by atoms with E-state index in [1.54, 1.807) is 6.92 Å². The maximum Gasteiger partial charge on any atom is 0.319 e. The van der Waals surface area contributed by atoms with Crippen molar-refractivity contribution in [2.45, 2.75) is 39.7 Å². The summed E-state index contributed by atoms with van der Waals surface area (Å²) in [4.78, 5) is 35.4. The molecule has 0 amide bonds. The Balaban J connectivity index is 5.09. The number of esters is 2. The van der Waals surface area contributed by atoms with E-state index in [9.17, 15) is 19.5 Å². The molecule has 0 aliphatic rings. The van der Waals surface area contributed by atoms with Crippen molar-refractivity contribution in [3.63, 3.8) is 0 Å². The number of hydrogen-bond donors (Lipinski definition) is 1. The van der Waals surface area contributed by atoms with Crippen molar-refractivity contribution < 1.29 is 29.0 Å². The normalized spacial score (nSPS) is 16.9. The second-order valence-electron chi connectivity index (χ2n) is 4.67. The third kappa shape index (κ3) is 4.02. The molecule has 0 fully saturated rings. The van der Waals surface area contributed by atoms with Crippen molar-refractivity contribution in [2.24, 2.45) is 11.3 Å². The van der Waals surface area contributed by atoms with Gasteiger partial charge in [-0.15, -0.1) is 0 Å². The third-order valence-electron chi connectivity index (χ3n) is 3.45. The highest BCUT2D eigenvalue weighted by Gasteiger charge is 2.42.